The van der Waals surface area contributed by atoms with Gasteiger partial charge in [0, 0.05) is 5.02 Å². The van der Waals surface area contributed by atoms with E-state index in [1.165, 1.54) is 0 Å². The lowest BCUT2D eigenvalue weighted by molar-refractivity contribution is 0.595. The van der Waals surface area contributed by atoms with Gasteiger partial charge in [-0.3, -0.25) is 0 Å². The van der Waals surface area contributed by atoms with Crippen molar-refractivity contribution in [1.82, 2.24) is 0 Å². The summed E-state index contributed by atoms with van der Waals surface area (Å²) in [7, 11) is -3.52. The molecule has 3 rings (SSSR count). The topological polar surface area (TPSA) is 34.1 Å². The fourth-order valence-electron chi connectivity index (χ4n) is 2.46. The van der Waals surface area contributed by atoms with Crippen LogP contribution in [0, 0.1) is 0 Å². The fraction of sp³-hybridized carbons (Fsp3) is 0.0526. The summed E-state index contributed by atoms with van der Waals surface area (Å²) in [6, 6.07) is 23.1. The molecule has 0 amide bonds. The van der Waals surface area contributed by atoms with Crippen LogP contribution in [0.25, 0.3) is 0 Å². The van der Waals surface area contributed by atoms with Crippen LogP contribution in [0.3, 0.4) is 0 Å². The third-order valence-corrected chi connectivity index (χ3v) is 5.75. The van der Waals surface area contributed by atoms with Crippen molar-refractivity contribution < 1.29 is 8.42 Å². The van der Waals surface area contributed by atoms with Gasteiger partial charge in [-0.1, -0.05) is 60.1 Å². The second-order valence-electron chi connectivity index (χ2n) is 5.23. The van der Waals surface area contributed by atoms with Gasteiger partial charge < -0.3 is 0 Å². The van der Waals surface area contributed by atoms with E-state index in [0.717, 1.165) is 11.1 Å². The average Bonchev–Trinajstić information content (AvgIpc) is 2.58. The van der Waals surface area contributed by atoms with Gasteiger partial charge in [-0.2, -0.15) is 0 Å². The number of benzene rings is 3. The number of rotatable bonds is 4. The summed E-state index contributed by atoms with van der Waals surface area (Å²) in [6.45, 7) is 0. The highest BCUT2D eigenvalue weighted by Crippen LogP contribution is 2.26. The van der Waals surface area contributed by atoms with E-state index in [4.69, 9.17) is 11.6 Å². The molecule has 116 valence electrons. The van der Waals surface area contributed by atoms with Crippen molar-refractivity contribution in [2.45, 2.75) is 16.2 Å². The number of sulfone groups is 1. The molecule has 0 N–H and O–H groups in total. The molecule has 3 aromatic carbocycles. The molecule has 0 atom stereocenters. The first-order valence-corrected chi connectivity index (χ1v) is 9.06. The van der Waals surface area contributed by atoms with Gasteiger partial charge in [-0.25, -0.2) is 8.42 Å². The molecular weight excluding hydrogens is 328 g/mol. The molecule has 2 nitrogen and oxygen atoms in total. The van der Waals surface area contributed by atoms with Crippen LogP contribution in [0.1, 0.15) is 11.1 Å². The van der Waals surface area contributed by atoms with Gasteiger partial charge in [0.25, 0.3) is 0 Å². The van der Waals surface area contributed by atoms with Gasteiger partial charge in [0.15, 0.2) is 0 Å². The Morgan fingerprint density at radius 1 is 0.739 bits per heavy atom. The summed E-state index contributed by atoms with van der Waals surface area (Å²) in [4.78, 5) is 0.657. The second kappa shape index (κ2) is 6.57. The normalized spacial score (nSPS) is 11.3. The molecule has 0 aliphatic heterocycles. The van der Waals surface area contributed by atoms with Gasteiger partial charge in [-0.05, 0) is 47.9 Å². The summed E-state index contributed by atoms with van der Waals surface area (Å²) < 4.78 is 25.8. The molecule has 0 bridgehead atoms. The number of halogens is 1. The molecule has 0 heterocycles. The molecule has 4 heteroatoms. The van der Waals surface area contributed by atoms with E-state index in [1.54, 1.807) is 42.5 Å². The summed E-state index contributed by atoms with van der Waals surface area (Å²) in [6.07, 6.45) is 0.541. The average molecular weight is 343 g/mol. The lowest BCUT2D eigenvalue weighted by atomic mass is 10.1. The molecule has 0 unspecified atom stereocenters. The maximum absolute atomic E-state index is 12.9. The quantitative estimate of drug-likeness (QED) is 0.684. The maximum atomic E-state index is 12.9. The Bertz CT molecular complexity index is 902. The van der Waals surface area contributed by atoms with Crippen molar-refractivity contribution in [3.63, 3.8) is 0 Å². The van der Waals surface area contributed by atoms with Crippen LogP contribution in [0.5, 0.6) is 0 Å². The third-order valence-electron chi connectivity index (χ3n) is 3.62. The molecule has 0 saturated heterocycles. The predicted molar refractivity (Wildman–Crippen MR) is 92.6 cm³/mol. The Morgan fingerprint density at radius 2 is 1.35 bits per heavy atom. The van der Waals surface area contributed by atoms with Crippen LogP contribution in [0.15, 0.2) is 88.7 Å². The van der Waals surface area contributed by atoms with E-state index < -0.39 is 9.84 Å². The molecule has 0 aliphatic carbocycles. The van der Waals surface area contributed by atoms with Crippen LogP contribution >= 0.6 is 11.6 Å². The molecule has 0 aliphatic rings. The van der Waals surface area contributed by atoms with Crippen LogP contribution in [-0.2, 0) is 16.3 Å². The van der Waals surface area contributed by atoms with Crippen molar-refractivity contribution in [2.24, 2.45) is 0 Å². The highest BCUT2D eigenvalue weighted by atomic mass is 35.5. The summed E-state index contributed by atoms with van der Waals surface area (Å²) in [5.41, 5.74) is 1.80. The van der Waals surface area contributed by atoms with Crippen molar-refractivity contribution in [3.05, 3.63) is 95.0 Å². The van der Waals surface area contributed by atoms with E-state index >= 15 is 0 Å². The minimum absolute atomic E-state index is 0.309. The zero-order chi connectivity index (χ0) is 16.3. The minimum Gasteiger partial charge on any atom is -0.219 e. The number of hydrogen-bond acceptors (Lipinski definition) is 2. The molecular formula is C19H15ClO2S. The Hall–Kier alpha value is -2.10. The van der Waals surface area contributed by atoms with Gasteiger partial charge >= 0.3 is 0 Å². The molecule has 23 heavy (non-hydrogen) atoms. The predicted octanol–water partition coefficient (Wildman–Crippen LogP) is 4.76. The molecule has 0 fully saturated rings. The molecule has 0 saturated carbocycles. The van der Waals surface area contributed by atoms with Crippen molar-refractivity contribution in [1.29, 1.82) is 0 Å². The minimum atomic E-state index is -3.52. The molecule has 0 spiro atoms. The summed E-state index contributed by atoms with van der Waals surface area (Å²) in [5, 5.41) is 0.666. The van der Waals surface area contributed by atoms with Crippen LogP contribution in [-0.4, -0.2) is 8.42 Å². The second-order valence-corrected chi connectivity index (χ2v) is 7.58. The zero-order valence-electron chi connectivity index (χ0n) is 12.3. The van der Waals surface area contributed by atoms with E-state index in [9.17, 15) is 8.42 Å². The molecule has 0 aromatic heterocycles. The van der Waals surface area contributed by atoms with Crippen molar-refractivity contribution in [3.8, 4) is 0 Å². The standard InChI is InChI=1S/C19H15ClO2S/c20-17-12-10-15(11-13-17)14-16-6-4-5-9-19(16)23(21,22)18-7-2-1-3-8-18/h1-13H,14H2. The van der Waals surface area contributed by atoms with Gasteiger partial charge in [0.05, 0.1) is 9.79 Å². The van der Waals surface area contributed by atoms with Crippen LogP contribution < -0.4 is 0 Å². The lowest BCUT2D eigenvalue weighted by Gasteiger charge is -2.11. The first-order valence-electron chi connectivity index (χ1n) is 7.20. The van der Waals surface area contributed by atoms with Crippen molar-refractivity contribution in [2.75, 3.05) is 0 Å². The maximum Gasteiger partial charge on any atom is 0.206 e. The number of hydrogen-bond donors (Lipinski definition) is 0. The smallest absolute Gasteiger partial charge is 0.206 e. The van der Waals surface area contributed by atoms with Gasteiger partial charge in [-0.15, -0.1) is 0 Å². The van der Waals surface area contributed by atoms with E-state index in [0.29, 0.717) is 21.2 Å². The Morgan fingerprint density at radius 3 is 2.04 bits per heavy atom. The fourth-order valence-corrected chi connectivity index (χ4v) is 4.10. The van der Waals surface area contributed by atoms with Crippen LogP contribution in [0.2, 0.25) is 5.02 Å². The Kier molecular flexibility index (Phi) is 4.51. The molecule has 0 radical (unpaired) electrons. The Balaban J connectivity index is 2.03. The first kappa shape index (κ1) is 15.8. The first-order chi connectivity index (χ1) is 11.1. The van der Waals surface area contributed by atoms with Crippen molar-refractivity contribution >= 4 is 21.4 Å². The SMILES string of the molecule is O=S(=O)(c1ccccc1)c1ccccc1Cc1ccc(Cl)cc1. The van der Waals surface area contributed by atoms with Crippen LogP contribution in [0.4, 0.5) is 0 Å². The zero-order valence-corrected chi connectivity index (χ0v) is 13.9. The third kappa shape index (κ3) is 3.46. The molecule has 3 aromatic rings. The summed E-state index contributed by atoms with van der Waals surface area (Å²) >= 11 is 5.90. The largest absolute Gasteiger partial charge is 0.219 e. The van der Waals surface area contributed by atoms with Gasteiger partial charge in [0.2, 0.25) is 9.84 Å². The highest BCUT2D eigenvalue weighted by molar-refractivity contribution is 7.91. The Labute approximate surface area is 141 Å². The van der Waals surface area contributed by atoms with E-state index in [1.807, 2.05) is 36.4 Å². The monoisotopic (exact) mass is 342 g/mol. The van der Waals surface area contributed by atoms with Gasteiger partial charge in [0.1, 0.15) is 0 Å². The highest BCUT2D eigenvalue weighted by Gasteiger charge is 2.20. The summed E-state index contributed by atoms with van der Waals surface area (Å²) in [5.74, 6) is 0. The van der Waals surface area contributed by atoms with E-state index in [-0.39, 0.29) is 0 Å². The van der Waals surface area contributed by atoms with E-state index in [2.05, 4.69) is 0 Å². The lowest BCUT2D eigenvalue weighted by Crippen LogP contribution is -2.06.